The number of rotatable bonds is 8. The van der Waals surface area contributed by atoms with E-state index < -0.39 is 23.0 Å². The number of fused-ring (bicyclic) bond motifs is 5. The smallest absolute Gasteiger partial charge is 0.169 e. The molecule has 0 bridgehead atoms. The van der Waals surface area contributed by atoms with Gasteiger partial charge < -0.3 is 14.8 Å². The highest BCUT2D eigenvalue weighted by molar-refractivity contribution is 6.12. The van der Waals surface area contributed by atoms with Crippen LogP contribution in [-0.2, 0) is 17.7 Å². The van der Waals surface area contributed by atoms with Gasteiger partial charge in [-0.25, -0.2) is 0 Å². The minimum atomic E-state index is -1.87. The van der Waals surface area contributed by atoms with E-state index in [0.717, 1.165) is 68.3 Å². The Balaban J connectivity index is 1.32. The van der Waals surface area contributed by atoms with Crippen LogP contribution in [0.3, 0.4) is 0 Å². The molecule has 1 fully saturated rings. The summed E-state index contributed by atoms with van der Waals surface area (Å²) in [4.78, 5) is 25.0. The zero-order chi connectivity index (χ0) is 36.2. The van der Waals surface area contributed by atoms with Crippen molar-refractivity contribution in [1.82, 2.24) is 14.5 Å². The van der Waals surface area contributed by atoms with Crippen molar-refractivity contribution in [3.8, 4) is 0 Å². The highest BCUT2D eigenvalue weighted by Gasteiger charge is 2.59. The van der Waals surface area contributed by atoms with Gasteiger partial charge in [0.05, 0.1) is 17.3 Å². The van der Waals surface area contributed by atoms with Crippen molar-refractivity contribution in [3.05, 3.63) is 168 Å². The van der Waals surface area contributed by atoms with E-state index in [9.17, 15) is 10.2 Å². The van der Waals surface area contributed by atoms with E-state index in [1.165, 1.54) is 0 Å². The molecule has 0 aliphatic heterocycles. The molecule has 8 aromatic rings. The molecular formula is C47H41N3O3. The van der Waals surface area contributed by atoms with Gasteiger partial charge in [0.25, 0.3) is 0 Å². The molecule has 3 heterocycles. The van der Waals surface area contributed by atoms with Gasteiger partial charge in [-0.3, -0.25) is 14.8 Å². The van der Waals surface area contributed by atoms with E-state index in [0.29, 0.717) is 17.0 Å². The van der Waals surface area contributed by atoms with Crippen LogP contribution in [0.4, 0.5) is 0 Å². The van der Waals surface area contributed by atoms with Gasteiger partial charge in [0.15, 0.2) is 5.78 Å². The lowest BCUT2D eigenvalue weighted by molar-refractivity contribution is -0.143. The number of carbonyl (C=O) groups is 1. The number of ketones is 1. The molecule has 262 valence electrons. The molecule has 9 rings (SSSR count). The van der Waals surface area contributed by atoms with E-state index in [1.807, 2.05) is 66.7 Å². The predicted molar refractivity (Wildman–Crippen MR) is 212 cm³/mol. The SMILES string of the molecule is CCCCn1c2ccccc2c2cc(C(=O)C3C(c4c5ccccc5cc5ccccc45)CC(O)(c4ccccn4)CC3(O)c3ccccn3)ccc21. The highest BCUT2D eigenvalue weighted by Crippen LogP contribution is 2.57. The summed E-state index contributed by atoms with van der Waals surface area (Å²) < 4.78 is 2.35. The van der Waals surface area contributed by atoms with Crippen LogP contribution in [0.1, 0.15) is 65.8 Å². The van der Waals surface area contributed by atoms with Crippen molar-refractivity contribution in [2.75, 3.05) is 0 Å². The lowest BCUT2D eigenvalue weighted by Gasteiger charge is -2.50. The summed E-state index contributed by atoms with van der Waals surface area (Å²) >= 11 is 0. The normalized spacial score (nSPS) is 21.8. The first-order valence-corrected chi connectivity index (χ1v) is 18.6. The third-order valence-electron chi connectivity index (χ3n) is 11.5. The van der Waals surface area contributed by atoms with Crippen LogP contribution in [0, 0.1) is 5.92 Å². The Morgan fingerprint density at radius 2 is 1.30 bits per heavy atom. The van der Waals surface area contributed by atoms with Crippen LogP contribution in [0.2, 0.25) is 0 Å². The fraction of sp³-hybridized carbons (Fsp3) is 0.213. The maximum atomic E-state index is 15.7. The minimum Gasteiger partial charge on any atom is -0.383 e. The fourth-order valence-corrected chi connectivity index (χ4v) is 9.20. The molecule has 53 heavy (non-hydrogen) atoms. The lowest BCUT2D eigenvalue weighted by atomic mass is 9.57. The third kappa shape index (κ3) is 5.44. The average molecular weight is 696 g/mol. The molecule has 0 amide bonds. The summed E-state index contributed by atoms with van der Waals surface area (Å²) in [6, 6.07) is 43.8. The van der Waals surface area contributed by atoms with Crippen molar-refractivity contribution in [2.45, 2.75) is 56.3 Å². The summed E-state index contributed by atoms with van der Waals surface area (Å²) in [5, 5.41) is 32.4. The largest absolute Gasteiger partial charge is 0.383 e. The molecule has 1 aliphatic rings. The zero-order valence-electron chi connectivity index (χ0n) is 29.7. The number of aliphatic hydroxyl groups is 2. The van der Waals surface area contributed by atoms with E-state index in [4.69, 9.17) is 4.98 Å². The number of aromatic nitrogens is 3. The molecule has 4 atom stereocenters. The Morgan fingerprint density at radius 3 is 1.96 bits per heavy atom. The Labute approximate surface area is 308 Å². The summed E-state index contributed by atoms with van der Waals surface area (Å²) in [5.41, 5.74) is 1.03. The van der Waals surface area contributed by atoms with Gasteiger partial charge in [0.2, 0.25) is 0 Å². The molecular weight excluding hydrogens is 655 g/mol. The topological polar surface area (TPSA) is 88.2 Å². The quantitative estimate of drug-likeness (QED) is 0.122. The Kier molecular flexibility index (Phi) is 8.17. The zero-order valence-corrected chi connectivity index (χ0v) is 29.7. The average Bonchev–Trinajstić information content (AvgIpc) is 3.52. The number of para-hydroxylation sites is 1. The number of Topliss-reactive ketones (excluding diaryl/α,β-unsaturated/α-hetero) is 1. The van der Waals surface area contributed by atoms with Crippen LogP contribution >= 0.6 is 0 Å². The number of aryl methyl sites for hydroxylation is 1. The number of hydrogen-bond donors (Lipinski definition) is 2. The van der Waals surface area contributed by atoms with Crippen molar-refractivity contribution in [1.29, 1.82) is 0 Å². The summed E-state index contributed by atoms with van der Waals surface area (Å²) in [6.45, 7) is 3.08. The van der Waals surface area contributed by atoms with E-state index in [2.05, 4.69) is 71.1 Å². The van der Waals surface area contributed by atoms with Gasteiger partial charge in [-0.15, -0.1) is 0 Å². The fourth-order valence-electron chi connectivity index (χ4n) is 9.20. The standard InChI is InChI=1S/C47H41N3O3/c1-2-3-26-50-39-19-9-8-18-36(39)37-28-33(22-23-40(37)50)45(51)44-38(43-34-16-6-4-14-31(34)27-32-15-5-7-17-35(32)43)29-46(52,41-20-10-12-24-48-41)30-47(44,53)42-21-11-13-25-49-42/h4-25,27-28,38,44,52-53H,2-3,26,29-30H2,1H3. The summed E-state index contributed by atoms with van der Waals surface area (Å²) in [6.07, 6.45) is 5.46. The van der Waals surface area contributed by atoms with Crippen LogP contribution in [-0.4, -0.2) is 30.5 Å². The molecule has 0 saturated heterocycles. The second kappa shape index (κ2) is 13.1. The molecule has 6 heteroatoms. The molecule has 6 nitrogen and oxygen atoms in total. The third-order valence-corrected chi connectivity index (χ3v) is 11.5. The molecule has 0 radical (unpaired) electrons. The van der Waals surface area contributed by atoms with Gasteiger partial charge in [-0.1, -0.05) is 92.2 Å². The number of pyridine rings is 2. The maximum Gasteiger partial charge on any atom is 0.169 e. The molecule has 0 spiro atoms. The minimum absolute atomic E-state index is 0.151. The Morgan fingerprint density at radius 1 is 0.698 bits per heavy atom. The predicted octanol–water partition coefficient (Wildman–Crippen LogP) is 9.84. The number of unbranched alkanes of at least 4 members (excludes halogenated alkanes) is 1. The Bertz CT molecular complexity index is 2580. The molecule has 3 aromatic heterocycles. The van der Waals surface area contributed by atoms with Crippen molar-refractivity contribution in [3.63, 3.8) is 0 Å². The molecule has 5 aromatic carbocycles. The van der Waals surface area contributed by atoms with E-state index >= 15 is 4.79 Å². The number of carbonyl (C=O) groups excluding carboxylic acids is 1. The van der Waals surface area contributed by atoms with Gasteiger partial charge >= 0.3 is 0 Å². The van der Waals surface area contributed by atoms with E-state index in [1.54, 1.807) is 24.5 Å². The van der Waals surface area contributed by atoms with Crippen molar-refractivity contribution < 1.29 is 15.0 Å². The van der Waals surface area contributed by atoms with Gasteiger partial charge in [-0.2, -0.15) is 0 Å². The van der Waals surface area contributed by atoms with Crippen molar-refractivity contribution >= 4 is 49.1 Å². The first-order chi connectivity index (χ1) is 25.9. The monoisotopic (exact) mass is 695 g/mol. The highest BCUT2D eigenvalue weighted by atomic mass is 16.3. The molecule has 1 aliphatic carbocycles. The number of nitrogens with zero attached hydrogens (tertiary/aromatic N) is 3. The lowest BCUT2D eigenvalue weighted by Crippen LogP contribution is -2.54. The number of hydrogen-bond acceptors (Lipinski definition) is 5. The molecule has 4 unspecified atom stereocenters. The van der Waals surface area contributed by atoms with Gasteiger partial charge in [0, 0.05) is 58.6 Å². The second-order valence-corrected chi connectivity index (χ2v) is 14.7. The van der Waals surface area contributed by atoms with Gasteiger partial charge in [-0.05, 0) is 94.5 Å². The number of benzene rings is 5. The second-order valence-electron chi connectivity index (χ2n) is 14.7. The van der Waals surface area contributed by atoms with Crippen molar-refractivity contribution in [2.24, 2.45) is 5.92 Å². The van der Waals surface area contributed by atoms with Crippen LogP contribution in [0.25, 0.3) is 43.4 Å². The van der Waals surface area contributed by atoms with Gasteiger partial charge in [0.1, 0.15) is 11.2 Å². The summed E-state index contributed by atoms with van der Waals surface area (Å²) in [5.74, 6) is -1.81. The van der Waals surface area contributed by atoms with E-state index in [-0.39, 0.29) is 18.6 Å². The first kappa shape index (κ1) is 33.2. The first-order valence-electron chi connectivity index (χ1n) is 18.6. The summed E-state index contributed by atoms with van der Waals surface area (Å²) in [7, 11) is 0. The Hall–Kier alpha value is -5.69. The maximum absolute atomic E-state index is 15.7. The van der Waals surface area contributed by atoms with Crippen LogP contribution in [0.5, 0.6) is 0 Å². The molecule has 2 N–H and O–H groups in total. The molecule has 1 saturated carbocycles. The van der Waals surface area contributed by atoms with Crippen LogP contribution in [0.15, 0.2) is 146 Å². The van der Waals surface area contributed by atoms with Crippen LogP contribution < -0.4 is 0 Å².